The van der Waals surface area contributed by atoms with Gasteiger partial charge in [0.15, 0.2) is 0 Å². The standard InChI is InChI=1S/C19H20N4O/c1-11-3-8-17-15(9-11)18(16(10-20)19(21)23-17)13-4-6-14(7-5-13)22-12(2)24/h4-7,11H,3,8-9H2,1-2H3,(H2,21,23)(H,22,24). The average molecular weight is 320 g/mol. The minimum absolute atomic E-state index is 0.111. The van der Waals surface area contributed by atoms with Crippen LogP contribution in [0.4, 0.5) is 11.5 Å². The van der Waals surface area contributed by atoms with E-state index in [0.29, 0.717) is 17.3 Å². The van der Waals surface area contributed by atoms with Crippen molar-refractivity contribution in [1.29, 1.82) is 5.26 Å². The summed E-state index contributed by atoms with van der Waals surface area (Å²) in [7, 11) is 0. The Morgan fingerprint density at radius 2 is 2.08 bits per heavy atom. The molecule has 122 valence electrons. The second-order valence-electron chi connectivity index (χ2n) is 6.39. The topological polar surface area (TPSA) is 91.8 Å². The maximum atomic E-state index is 11.2. The number of fused-ring (bicyclic) bond motifs is 1. The van der Waals surface area contributed by atoms with Gasteiger partial charge in [0.2, 0.25) is 5.91 Å². The molecule has 3 rings (SSSR count). The zero-order chi connectivity index (χ0) is 17.3. The molecule has 1 aromatic heterocycles. The van der Waals surface area contributed by atoms with Gasteiger partial charge < -0.3 is 11.1 Å². The maximum Gasteiger partial charge on any atom is 0.221 e. The van der Waals surface area contributed by atoms with E-state index >= 15 is 0 Å². The number of nitrogen functional groups attached to an aromatic ring is 1. The summed E-state index contributed by atoms with van der Waals surface area (Å²) < 4.78 is 0. The van der Waals surface area contributed by atoms with Crippen LogP contribution in [0.3, 0.4) is 0 Å². The largest absolute Gasteiger partial charge is 0.383 e. The Morgan fingerprint density at radius 1 is 1.38 bits per heavy atom. The summed E-state index contributed by atoms with van der Waals surface area (Å²) in [4.78, 5) is 15.6. The van der Waals surface area contributed by atoms with Crippen molar-refractivity contribution >= 4 is 17.4 Å². The molecule has 1 aromatic carbocycles. The van der Waals surface area contributed by atoms with Crippen LogP contribution in [0.1, 0.15) is 37.1 Å². The summed E-state index contributed by atoms with van der Waals surface area (Å²) in [6.07, 6.45) is 2.88. The quantitative estimate of drug-likeness (QED) is 0.888. The van der Waals surface area contributed by atoms with Crippen molar-refractivity contribution in [2.75, 3.05) is 11.1 Å². The molecule has 5 nitrogen and oxygen atoms in total. The number of rotatable bonds is 2. The van der Waals surface area contributed by atoms with Crippen LogP contribution in [0.2, 0.25) is 0 Å². The molecule has 1 unspecified atom stereocenters. The number of amides is 1. The van der Waals surface area contributed by atoms with Crippen molar-refractivity contribution in [2.45, 2.75) is 33.1 Å². The Morgan fingerprint density at radius 3 is 2.71 bits per heavy atom. The van der Waals surface area contributed by atoms with Crippen LogP contribution in [0, 0.1) is 17.2 Å². The molecule has 3 N–H and O–H groups in total. The van der Waals surface area contributed by atoms with E-state index < -0.39 is 0 Å². The second-order valence-corrected chi connectivity index (χ2v) is 6.39. The molecule has 0 bridgehead atoms. The minimum atomic E-state index is -0.111. The third kappa shape index (κ3) is 2.95. The van der Waals surface area contributed by atoms with Crippen LogP contribution in [0.25, 0.3) is 11.1 Å². The number of pyridine rings is 1. The molecule has 1 heterocycles. The molecule has 1 amide bonds. The molecule has 0 radical (unpaired) electrons. The number of nitrogens with one attached hydrogen (secondary N) is 1. The smallest absolute Gasteiger partial charge is 0.221 e. The number of hydrogen-bond acceptors (Lipinski definition) is 4. The zero-order valence-corrected chi connectivity index (χ0v) is 13.9. The van der Waals surface area contributed by atoms with E-state index in [0.717, 1.165) is 47.3 Å². The van der Waals surface area contributed by atoms with Gasteiger partial charge in [-0.2, -0.15) is 5.26 Å². The number of nitrogens with two attached hydrogens (primary N) is 1. The van der Waals surface area contributed by atoms with Crippen LogP contribution >= 0.6 is 0 Å². The number of hydrogen-bond donors (Lipinski definition) is 2. The lowest BCUT2D eigenvalue weighted by Gasteiger charge is -2.25. The van der Waals surface area contributed by atoms with Gasteiger partial charge in [0.1, 0.15) is 17.5 Å². The molecule has 5 heteroatoms. The summed E-state index contributed by atoms with van der Waals surface area (Å²) in [5.74, 6) is 0.749. The molecular weight excluding hydrogens is 300 g/mol. The van der Waals surface area contributed by atoms with Crippen LogP contribution in [-0.2, 0) is 17.6 Å². The number of aryl methyl sites for hydroxylation is 1. The lowest BCUT2D eigenvalue weighted by Crippen LogP contribution is -2.16. The van der Waals surface area contributed by atoms with E-state index in [1.807, 2.05) is 24.3 Å². The maximum absolute atomic E-state index is 11.2. The molecule has 0 spiro atoms. The molecule has 2 aromatic rings. The van der Waals surface area contributed by atoms with Crippen molar-refractivity contribution in [1.82, 2.24) is 4.98 Å². The summed E-state index contributed by atoms with van der Waals surface area (Å²) in [6, 6.07) is 9.73. The normalized spacial score (nSPS) is 16.1. The average Bonchev–Trinajstić information content (AvgIpc) is 2.54. The van der Waals surface area contributed by atoms with Crippen LogP contribution in [-0.4, -0.2) is 10.9 Å². The van der Waals surface area contributed by atoms with E-state index in [9.17, 15) is 10.1 Å². The zero-order valence-electron chi connectivity index (χ0n) is 13.9. The van der Waals surface area contributed by atoms with Crippen molar-refractivity contribution in [3.05, 3.63) is 41.1 Å². The second kappa shape index (κ2) is 6.32. The summed E-state index contributed by atoms with van der Waals surface area (Å²) >= 11 is 0. The fourth-order valence-electron chi connectivity index (χ4n) is 3.31. The number of carbonyl (C=O) groups excluding carboxylic acids is 1. The molecule has 1 aliphatic rings. The molecule has 1 atom stereocenters. The Labute approximate surface area is 141 Å². The first-order valence-corrected chi connectivity index (χ1v) is 8.09. The van der Waals surface area contributed by atoms with Gasteiger partial charge in [0, 0.05) is 23.9 Å². The van der Waals surface area contributed by atoms with Gasteiger partial charge in [0.25, 0.3) is 0 Å². The number of anilines is 2. The van der Waals surface area contributed by atoms with Gasteiger partial charge in [-0.1, -0.05) is 19.1 Å². The first-order chi connectivity index (χ1) is 11.5. The lowest BCUT2D eigenvalue weighted by atomic mass is 9.82. The molecular formula is C19H20N4O. The summed E-state index contributed by atoms with van der Waals surface area (Å²) in [6.45, 7) is 3.69. The number of carbonyl (C=O) groups is 1. The van der Waals surface area contributed by atoms with Gasteiger partial charge in [-0.15, -0.1) is 0 Å². The third-order valence-electron chi connectivity index (χ3n) is 4.44. The monoisotopic (exact) mass is 320 g/mol. The van der Waals surface area contributed by atoms with Crippen LogP contribution in [0.15, 0.2) is 24.3 Å². The van der Waals surface area contributed by atoms with Gasteiger partial charge in [-0.05, 0) is 48.4 Å². The minimum Gasteiger partial charge on any atom is -0.383 e. The van der Waals surface area contributed by atoms with Crippen molar-refractivity contribution in [3.63, 3.8) is 0 Å². The lowest BCUT2D eigenvalue weighted by molar-refractivity contribution is -0.114. The van der Waals surface area contributed by atoms with Crippen molar-refractivity contribution in [3.8, 4) is 17.2 Å². The van der Waals surface area contributed by atoms with E-state index in [2.05, 4.69) is 23.3 Å². The highest BCUT2D eigenvalue weighted by molar-refractivity contribution is 5.89. The number of nitrogens with zero attached hydrogens (tertiary/aromatic N) is 2. The summed E-state index contributed by atoms with van der Waals surface area (Å²) in [5, 5.41) is 12.3. The van der Waals surface area contributed by atoms with Crippen molar-refractivity contribution in [2.24, 2.45) is 5.92 Å². The van der Waals surface area contributed by atoms with Crippen LogP contribution < -0.4 is 11.1 Å². The molecule has 1 aliphatic carbocycles. The molecule has 0 saturated heterocycles. The van der Waals surface area contributed by atoms with E-state index in [1.165, 1.54) is 6.92 Å². The number of benzene rings is 1. The Balaban J connectivity index is 2.14. The van der Waals surface area contributed by atoms with Gasteiger partial charge >= 0.3 is 0 Å². The van der Waals surface area contributed by atoms with E-state index in [1.54, 1.807) is 0 Å². The number of nitriles is 1. The molecule has 24 heavy (non-hydrogen) atoms. The van der Waals surface area contributed by atoms with E-state index in [-0.39, 0.29) is 5.91 Å². The highest BCUT2D eigenvalue weighted by Gasteiger charge is 2.24. The highest BCUT2D eigenvalue weighted by atomic mass is 16.1. The first-order valence-electron chi connectivity index (χ1n) is 8.09. The Hall–Kier alpha value is -2.87. The third-order valence-corrected chi connectivity index (χ3v) is 4.44. The Kier molecular flexibility index (Phi) is 4.22. The Bertz CT molecular complexity index is 834. The predicted octanol–water partition coefficient (Wildman–Crippen LogP) is 3.29. The molecule has 0 saturated carbocycles. The molecule has 0 fully saturated rings. The van der Waals surface area contributed by atoms with E-state index in [4.69, 9.17) is 5.73 Å². The fraction of sp³-hybridized carbons (Fsp3) is 0.316. The predicted molar refractivity (Wildman–Crippen MR) is 94.3 cm³/mol. The van der Waals surface area contributed by atoms with Gasteiger partial charge in [0.05, 0.1) is 0 Å². The van der Waals surface area contributed by atoms with Crippen molar-refractivity contribution < 1.29 is 4.79 Å². The fourth-order valence-corrected chi connectivity index (χ4v) is 3.31. The highest BCUT2D eigenvalue weighted by Crippen LogP contribution is 2.37. The first kappa shape index (κ1) is 16.0. The summed E-state index contributed by atoms with van der Waals surface area (Å²) in [5.41, 5.74) is 11.2. The van der Waals surface area contributed by atoms with Gasteiger partial charge in [-0.25, -0.2) is 4.98 Å². The molecule has 0 aliphatic heterocycles. The van der Waals surface area contributed by atoms with Gasteiger partial charge in [-0.3, -0.25) is 4.79 Å². The SMILES string of the molecule is CC(=O)Nc1ccc(-c2c(C#N)c(N)nc3c2CC(C)CC3)cc1. The van der Waals surface area contributed by atoms with Crippen LogP contribution in [0.5, 0.6) is 0 Å². The number of aromatic nitrogens is 1.